The molecule has 0 radical (unpaired) electrons. The van der Waals surface area contributed by atoms with Crippen LogP contribution in [0.3, 0.4) is 0 Å². The van der Waals surface area contributed by atoms with E-state index in [-0.39, 0.29) is 0 Å². The Hall–Kier alpha value is -2.16. The molecule has 26 heavy (non-hydrogen) atoms. The molecule has 0 saturated carbocycles. The van der Waals surface area contributed by atoms with Gasteiger partial charge in [-0.05, 0) is 24.3 Å². The van der Waals surface area contributed by atoms with Crippen molar-refractivity contribution in [3.05, 3.63) is 41.4 Å². The summed E-state index contributed by atoms with van der Waals surface area (Å²) in [6.45, 7) is 2.06. The third kappa shape index (κ3) is 3.27. The van der Waals surface area contributed by atoms with Crippen LogP contribution >= 0.6 is 11.6 Å². The fourth-order valence-corrected chi connectivity index (χ4v) is 4.11. The number of aromatic nitrogens is 3. The monoisotopic (exact) mass is 391 g/mol. The number of rotatable bonds is 3. The molecule has 1 N–H and O–H groups in total. The van der Waals surface area contributed by atoms with Crippen LogP contribution in [0, 0.1) is 0 Å². The zero-order valence-electron chi connectivity index (χ0n) is 14.2. The quantitative estimate of drug-likeness (QED) is 0.741. The number of imidazole rings is 1. The lowest BCUT2D eigenvalue weighted by Gasteiger charge is -2.34. The number of H-pyrrole nitrogens is 1. The molecule has 9 heteroatoms. The van der Waals surface area contributed by atoms with E-state index in [1.807, 2.05) is 30.3 Å². The van der Waals surface area contributed by atoms with Crippen LogP contribution in [0.5, 0.6) is 0 Å². The Labute approximate surface area is 156 Å². The van der Waals surface area contributed by atoms with Crippen molar-refractivity contribution in [2.24, 2.45) is 0 Å². The Bertz CT molecular complexity index is 1020. The number of nitrogens with one attached hydrogen (secondary N) is 1. The van der Waals surface area contributed by atoms with Crippen molar-refractivity contribution in [3.63, 3.8) is 0 Å². The molecule has 136 valence electrons. The summed E-state index contributed by atoms with van der Waals surface area (Å²) in [5, 5.41) is 0.516. The van der Waals surface area contributed by atoms with Crippen LogP contribution < -0.4 is 4.90 Å². The van der Waals surface area contributed by atoms with Gasteiger partial charge in [0, 0.05) is 26.2 Å². The Morgan fingerprint density at radius 1 is 1.04 bits per heavy atom. The van der Waals surface area contributed by atoms with Crippen LogP contribution in [0.1, 0.15) is 0 Å². The summed E-state index contributed by atoms with van der Waals surface area (Å²) in [6, 6.07) is 11.4. The third-order valence-corrected chi connectivity index (χ3v) is 6.08. The van der Waals surface area contributed by atoms with Crippen molar-refractivity contribution in [3.8, 4) is 11.5 Å². The van der Waals surface area contributed by atoms with E-state index >= 15 is 0 Å². The number of hydrogen-bond acceptors (Lipinski definition) is 5. The molecular weight excluding hydrogens is 374 g/mol. The molecule has 1 fully saturated rings. The highest BCUT2D eigenvalue weighted by molar-refractivity contribution is 7.88. The summed E-state index contributed by atoms with van der Waals surface area (Å²) in [5.41, 5.74) is 2.37. The van der Waals surface area contributed by atoms with Gasteiger partial charge in [0.05, 0.1) is 22.3 Å². The second-order valence-corrected chi connectivity index (χ2v) is 8.64. The minimum Gasteiger partial charge on any atom is -0.354 e. The number of benzene rings is 1. The van der Waals surface area contributed by atoms with Gasteiger partial charge in [-0.1, -0.05) is 23.7 Å². The third-order valence-electron chi connectivity index (χ3n) is 4.48. The first-order valence-electron chi connectivity index (χ1n) is 8.23. The molecule has 3 aromatic rings. The predicted molar refractivity (Wildman–Crippen MR) is 103 cm³/mol. The lowest BCUT2D eigenvalue weighted by molar-refractivity contribution is 0.387. The first-order valence-corrected chi connectivity index (χ1v) is 10.5. The second kappa shape index (κ2) is 6.53. The van der Waals surface area contributed by atoms with Crippen molar-refractivity contribution in [2.45, 2.75) is 0 Å². The summed E-state index contributed by atoms with van der Waals surface area (Å²) in [6.07, 6.45) is 1.24. The summed E-state index contributed by atoms with van der Waals surface area (Å²) in [4.78, 5) is 14.6. The molecule has 0 amide bonds. The van der Waals surface area contributed by atoms with Crippen LogP contribution in [0.15, 0.2) is 36.4 Å². The van der Waals surface area contributed by atoms with E-state index in [9.17, 15) is 8.42 Å². The van der Waals surface area contributed by atoms with Crippen LogP contribution in [0.4, 0.5) is 5.82 Å². The van der Waals surface area contributed by atoms with Gasteiger partial charge in [0.2, 0.25) is 10.0 Å². The minimum atomic E-state index is -3.15. The van der Waals surface area contributed by atoms with Gasteiger partial charge in [0.25, 0.3) is 0 Å². The number of para-hydroxylation sites is 2. The standard InChI is InChI=1S/C17H18ClN5O2S/c1-26(24,25)23-10-8-22(9-11-23)15-7-6-12(18)16(21-15)17-19-13-4-2-3-5-14(13)20-17/h2-7H,8-11H2,1H3,(H,19,20). The molecule has 4 rings (SSSR count). The summed E-state index contributed by atoms with van der Waals surface area (Å²) >= 11 is 6.35. The molecule has 0 atom stereocenters. The largest absolute Gasteiger partial charge is 0.354 e. The number of aromatic amines is 1. The Morgan fingerprint density at radius 3 is 2.46 bits per heavy atom. The fraction of sp³-hybridized carbons (Fsp3) is 0.294. The minimum absolute atomic E-state index is 0.448. The Kier molecular flexibility index (Phi) is 4.34. The molecule has 0 aliphatic carbocycles. The van der Waals surface area contributed by atoms with E-state index in [1.165, 1.54) is 10.6 Å². The summed E-state index contributed by atoms with van der Waals surface area (Å²) < 4.78 is 24.8. The number of anilines is 1. The second-order valence-electron chi connectivity index (χ2n) is 6.25. The van der Waals surface area contributed by atoms with Gasteiger partial charge >= 0.3 is 0 Å². The molecule has 3 heterocycles. The average molecular weight is 392 g/mol. The molecule has 0 spiro atoms. The van der Waals surface area contributed by atoms with Gasteiger partial charge in [-0.25, -0.2) is 18.4 Å². The van der Waals surface area contributed by atoms with Crippen molar-refractivity contribution in [1.29, 1.82) is 0 Å². The van der Waals surface area contributed by atoms with E-state index in [2.05, 4.69) is 19.9 Å². The van der Waals surface area contributed by atoms with Crippen molar-refractivity contribution in [1.82, 2.24) is 19.3 Å². The first-order chi connectivity index (χ1) is 12.4. The molecule has 1 aromatic carbocycles. The molecule has 7 nitrogen and oxygen atoms in total. The molecule has 0 unspecified atom stereocenters. The molecule has 1 aliphatic rings. The number of nitrogens with zero attached hydrogens (tertiary/aromatic N) is 4. The van der Waals surface area contributed by atoms with Crippen molar-refractivity contribution in [2.75, 3.05) is 37.3 Å². The van der Waals surface area contributed by atoms with Crippen LogP contribution in [-0.2, 0) is 10.0 Å². The molecule has 1 saturated heterocycles. The topological polar surface area (TPSA) is 82.2 Å². The lowest BCUT2D eigenvalue weighted by Crippen LogP contribution is -2.48. The zero-order chi connectivity index (χ0) is 18.3. The van der Waals surface area contributed by atoms with E-state index in [1.54, 1.807) is 6.07 Å². The van der Waals surface area contributed by atoms with Gasteiger partial charge in [0.15, 0.2) is 5.82 Å². The summed E-state index contributed by atoms with van der Waals surface area (Å²) in [5.74, 6) is 1.38. The van der Waals surface area contributed by atoms with Gasteiger partial charge in [-0.15, -0.1) is 0 Å². The maximum Gasteiger partial charge on any atom is 0.211 e. The van der Waals surface area contributed by atoms with Gasteiger partial charge < -0.3 is 9.88 Å². The SMILES string of the molecule is CS(=O)(=O)N1CCN(c2ccc(Cl)c(-c3nc4ccccc4[nH]3)n2)CC1. The normalized spacial score (nSPS) is 16.3. The van der Waals surface area contributed by atoms with E-state index < -0.39 is 10.0 Å². The fourth-order valence-electron chi connectivity index (χ4n) is 3.09. The highest BCUT2D eigenvalue weighted by atomic mass is 35.5. The highest BCUT2D eigenvalue weighted by Gasteiger charge is 2.24. The van der Waals surface area contributed by atoms with Gasteiger partial charge in [-0.3, -0.25) is 0 Å². The first kappa shape index (κ1) is 17.3. The number of hydrogen-bond donors (Lipinski definition) is 1. The molecule has 2 aromatic heterocycles. The highest BCUT2D eigenvalue weighted by Crippen LogP contribution is 2.28. The van der Waals surface area contributed by atoms with E-state index in [0.717, 1.165) is 16.9 Å². The van der Waals surface area contributed by atoms with Crippen LogP contribution in [0.25, 0.3) is 22.6 Å². The van der Waals surface area contributed by atoms with Crippen molar-refractivity contribution < 1.29 is 8.42 Å². The average Bonchev–Trinajstić information content (AvgIpc) is 3.05. The number of sulfonamides is 1. The Morgan fingerprint density at radius 2 is 1.77 bits per heavy atom. The predicted octanol–water partition coefficient (Wildman–Crippen LogP) is 2.36. The number of pyridine rings is 1. The maximum absolute atomic E-state index is 11.7. The lowest BCUT2D eigenvalue weighted by atomic mass is 10.3. The van der Waals surface area contributed by atoms with Crippen LogP contribution in [-0.4, -0.2) is 60.1 Å². The smallest absolute Gasteiger partial charge is 0.211 e. The van der Waals surface area contributed by atoms with Crippen LogP contribution in [0.2, 0.25) is 5.02 Å². The zero-order valence-corrected chi connectivity index (χ0v) is 15.8. The maximum atomic E-state index is 11.7. The van der Waals surface area contributed by atoms with Gasteiger partial charge in [0.1, 0.15) is 11.5 Å². The van der Waals surface area contributed by atoms with E-state index in [0.29, 0.717) is 42.7 Å². The number of fused-ring (bicyclic) bond motifs is 1. The number of halogens is 1. The summed E-state index contributed by atoms with van der Waals surface area (Å²) in [7, 11) is -3.15. The van der Waals surface area contributed by atoms with Gasteiger partial charge in [-0.2, -0.15) is 4.31 Å². The van der Waals surface area contributed by atoms with E-state index in [4.69, 9.17) is 11.6 Å². The van der Waals surface area contributed by atoms with Crippen molar-refractivity contribution >= 4 is 38.5 Å². The molecular formula is C17H18ClN5O2S. The number of piperazine rings is 1. The molecule has 0 bridgehead atoms. The molecule has 1 aliphatic heterocycles. The Balaban J connectivity index is 1.63.